The Morgan fingerprint density at radius 2 is 2.25 bits per heavy atom. The standard InChI is InChI=1S/C12H16N4/c13-10-3-2-8-15(9-10)12-6-5-11-4-1-7-14-16(11)12/h1,4-7,10H,2-3,8-9,13H2. The number of hydrogen-bond donors (Lipinski definition) is 1. The summed E-state index contributed by atoms with van der Waals surface area (Å²) >= 11 is 0. The van der Waals surface area contributed by atoms with E-state index in [9.17, 15) is 0 Å². The van der Waals surface area contributed by atoms with Crippen molar-refractivity contribution < 1.29 is 0 Å². The second kappa shape index (κ2) is 3.79. The minimum Gasteiger partial charge on any atom is -0.355 e. The second-order valence-corrected chi connectivity index (χ2v) is 4.40. The molecular weight excluding hydrogens is 200 g/mol. The van der Waals surface area contributed by atoms with E-state index in [-0.39, 0.29) is 0 Å². The molecule has 0 saturated carbocycles. The zero-order valence-corrected chi connectivity index (χ0v) is 9.21. The van der Waals surface area contributed by atoms with Crippen molar-refractivity contribution in [1.29, 1.82) is 0 Å². The van der Waals surface area contributed by atoms with Crippen LogP contribution in [0.3, 0.4) is 0 Å². The van der Waals surface area contributed by atoms with Crippen LogP contribution >= 0.6 is 0 Å². The number of fused-ring (bicyclic) bond motifs is 1. The van der Waals surface area contributed by atoms with Crippen molar-refractivity contribution in [2.24, 2.45) is 5.73 Å². The fourth-order valence-electron chi connectivity index (χ4n) is 2.39. The van der Waals surface area contributed by atoms with E-state index in [1.165, 1.54) is 6.42 Å². The molecule has 1 aliphatic heterocycles. The molecule has 1 aliphatic rings. The maximum atomic E-state index is 6.00. The molecular formula is C12H16N4. The molecule has 0 spiro atoms. The van der Waals surface area contributed by atoms with Gasteiger partial charge in [0.15, 0.2) is 0 Å². The van der Waals surface area contributed by atoms with E-state index in [4.69, 9.17) is 5.73 Å². The van der Waals surface area contributed by atoms with Gasteiger partial charge in [0, 0.05) is 25.3 Å². The Balaban J connectivity index is 1.99. The molecule has 2 N–H and O–H groups in total. The fraction of sp³-hybridized carbons (Fsp3) is 0.417. The molecule has 4 nitrogen and oxygen atoms in total. The second-order valence-electron chi connectivity index (χ2n) is 4.40. The summed E-state index contributed by atoms with van der Waals surface area (Å²) < 4.78 is 1.98. The third-order valence-corrected chi connectivity index (χ3v) is 3.18. The molecule has 1 atom stereocenters. The Bertz CT molecular complexity index is 490. The van der Waals surface area contributed by atoms with E-state index in [0.717, 1.165) is 30.8 Å². The van der Waals surface area contributed by atoms with Gasteiger partial charge in [-0.25, -0.2) is 4.52 Å². The highest BCUT2D eigenvalue weighted by Crippen LogP contribution is 2.21. The lowest BCUT2D eigenvalue weighted by Crippen LogP contribution is -2.43. The van der Waals surface area contributed by atoms with E-state index < -0.39 is 0 Å². The van der Waals surface area contributed by atoms with Crippen LogP contribution in [-0.2, 0) is 0 Å². The van der Waals surface area contributed by atoms with Crippen molar-refractivity contribution in [3.63, 3.8) is 0 Å². The Labute approximate surface area is 94.7 Å². The van der Waals surface area contributed by atoms with Gasteiger partial charge in [-0.15, -0.1) is 0 Å². The quantitative estimate of drug-likeness (QED) is 0.780. The van der Waals surface area contributed by atoms with E-state index in [1.54, 1.807) is 0 Å². The lowest BCUT2D eigenvalue weighted by Gasteiger charge is -2.31. The average Bonchev–Trinajstić information content (AvgIpc) is 2.72. The van der Waals surface area contributed by atoms with Crippen molar-refractivity contribution in [3.8, 4) is 0 Å². The monoisotopic (exact) mass is 216 g/mol. The van der Waals surface area contributed by atoms with E-state index in [2.05, 4.69) is 28.2 Å². The number of aromatic nitrogens is 2. The zero-order chi connectivity index (χ0) is 11.0. The number of rotatable bonds is 1. The normalized spacial score (nSPS) is 21.6. The fourth-order valence-corrected chi connectivity index (χ4v) is 2.39. The molecule has 0 radical (unpaired) electrons. The van der Waals surface area contributed by atoms with Gasteiger partial charge in [0.2, 0.25) is 0 Å². The Kier molecular flexibility index (Phi) is 2.29. The smallest absolute Gasteiger partial charge is 0.130 e. The van der Waals surface area contributed by atoms with Crippen LogP contribution in [0.5, 0.6) is 0 Å². The van der Waals surface area contributed by atoms with Crippen LogP contribution in [0.4, 0.5) is 5.82 Å². The lowest BCUT2D eigenvalue weighted by molar-refractivity contribution is 0.501. The molecule has 16 heavy (non-hydrogen) atoms. The van der Waals surface area contributed by atoms with Crippen molar-refractivity contribution in [2.45, 2.75) is 18.9 Å². The van der Waals surface area contributed by atoms with Crippen molar-refractivity contribution in [2.75, 3.05) is 18.0 Å². The van der Waals surface area contributed by atoms with Crippen molar-refractivity contribution in [1.82, 2.24) is 9.61 Å². The van der Waals surface area contributed by atoms with E-state index in [1.807, 2.05) is 16.8 Å². The summed E-state index contributed by atoms with van der Waals surface area (Å²) in [6, 6.07) is 8.55. The number of nitrogens with two attached hydrogens (primary N) is 1. The largest absolute Gasteiger partial charge is 0.355 e. The molecule has 0 amide bonds. The van der Waals surface area contributed by atoms with Crippen LogP contribution in [0.2, 0.25) is 0 Å². The summed E-state index contributed by atoms with van der Waals surface area (Å²) in [6.45, 7) is 2.01. The highest BCUT2D eigenvalue weighted by atomic mass is 15.3. The number of nitrogens with zero attached hydrogens (tertiary/aromatic N) is 3. The van der Waals surface area contributed by atoms with Crippen LogP contribution in [0.15, 0.2) is 30.5 Å². The molecule has 0 bridgehead atoms. The topological polar surface area (TPSA) is 46.6 Å². The van der Waals surface area contributed by atoms with Crippen molar-refractivity contribution in [3.05, 3.63) is 30.5 Å². The number of piperidine rings is 1. The molecule has 0 aliphatic carbocycles. The highest BCUT2D eigenvalue weighted by molar-refractivity contribution is 5.57. The molecule has 4 heteroatoms. The van der Waals surface area contributed by atoms with Crippen LogP contribution in [0, 0.1) is 0 Å². The Morgan fingerprint density at radius 3 is 3.12 bits per heavy atom. The first-order chi connectivity index (χ1) is 7.84. The first-order valence-corrected chi connectivity index (χ1v) is 5.78. The van der Waals surface area contributed by atoms with Gasteiger partial charge in [-0.2, -0.15) is 5.10 Å². The summed E-state index contributed by atoms with van der Waals surface area (Å²) in [5, 5.41) is 4.38. The maximum Gasteiger partial charge on any atom is 0.130 e. The third kappa shape index (κ3) is 1.55. The van der Waals surface area contributed by atoms with Crippen LogP contribution in [-0.4, -0.2) is 28.7 Å². The Hall–Kier alpha value is -1.55. The van der Waals surface area contributed by atoms with E-state index in [0.29, 0.717) is 6.04 Å². The summed E-state index contributed by atoms with van der Waals surface area (Å²) in [4.78, 5) is 2.33. The molecule has 3 heterocycles. The summed E-state index contributed by atoms with van der Waals surface area (Å²) in [6.07, 6.45) is 4.12. The lowest BCUT2D eigenvalue weighted by atomic mass is 10.1. The van der Waals surface area contributed by atoms with Gasteiger partial charge in [0.25, 0.3) is 0 Å². The molecule has 2 aromatic rings. The Morgan fingerprint density at radius 1 is 1.31 bits per heavy atom. The van der Waals surface area contributed by atoms with Gasteiger partial charge >= 0.3 is 0 Å². The van der Waals surface area contributed by atoms with Gasteiger partial charge in [-0.3, -0.25) is 0 Å². The van der Waals surface area contributed by atoms with Gasteiger partial charge in [-0.05, 0) is 37.1 Å². The zero-order valence-electron chi connectivity index (χ0n) is 9.21. The van der Waals surface area contributed by atoms with Gasteiger partial charge in [0.1, 0.15) is 5.82 Å². The molecule has 0 aromatic carbocycles. The minimum atomic E-state index is 0.294. The SMILES string of the molecule is NC1CCCN(c2ccc3cccnn23)C1. The molecule has 3 rings (SSSR count). The molecule has 1 fully saturated rings. The minimum absolute atomic E-state index is 0.294. The highest BCUT2D eigenvalue weighted by Gasteiger charge is 2.19. The first-order valence-electron chi connectivity index (χ1n) is 5.78. The number of anilines is 1. The first kappa shape index (κ1) is 9.66. The van der Waals surface area contributed by atoms with Gasteiger partial charge < -0.3 is 10.6 Å². The molecule has 1 unspecified atom stereocenters. The average molecular weight is 216 g/mol. The van der Waals surface area contributed by atoms with Gasteiger partial charge in [0.05, 0.1) is 5.52 Å². The molecule has 1 saturated heterocycles. The predicted octanol–water partition coefficient (Wildman–Crippen LogP) is 1.26. The van der Waals surface area contributed by atoms with Crippen LogP contribution in [0.1, 0.15) is 12.8 Å². The van der Waals surface area contributed by atoms with Gasteiger partial charge in [-0.1, -0.05) is 0 Å². The summed E-state index contributed by atoms with van der Waals surface area (Å²) in [5.74, 6) is 1.16. The van der Waals surface area contributed by atoms with Crippen LogP contribution < -0.4 is 10.6 Å². The number of hydrogen-bond acceptors (Lipinski definition) is 3. The summed E-state index contributed by atoms with van der Waals surface area (Å²) in [5.41, 5.74) is 7.14. The van der Waals surface area contributed by atoms with Crippen LogP contribution in [0.25, 0.3) is 5.52 Å². The maximum absolute atomic E-state index is 6.00. The van der Waals surface area contributed by atoms with E-state index >= 15 is 0 Å². The summed E-state index contributed by atoms with van der Waals surface area (Å²) in [7, 11) is 0. The van der Waals surface area contributed by atoms with Crippen molar-refractivity contribution >= 4 is 11.3 Å². The molecule has 2 aromatic heterocycles. The third-order valence-electron chi connectivity index (χ3n) is 3.18. The predicted molar refractivity (Wildman–Crippen MR) is 64.6 cm³/mol. The molecule has 84 valence electrons.